The van der Waals surface area contributed by atoms with Gasteiger partial charge in [0, 0.05) is 25.7 Å². The number of esters is 4. The van der Waals surface area contributed by atoms with Gasteiger partial charge < -0.3 is 33.8 Å². The van der Waals surface area contributed by atoms with Crippen LogP contribution in [0.2, 0.25) is 0 Å². The largest absolute Gasteiger partial charge is 0.472 e. The van der Waals surface area contributed by atoms with E-state index in [1.807, 2.05) is 0 Å². The summed E-state index contributed by atoms with van der Waals surface area (Å²) in [6, 6.07) is 0. The van der Waals surface area contributed by atoms with Crippen molar-refractivity contribution in [2.75, 3.05) is 39.6 Å². The first kappa shape index (κ1) is 91.1. The first-order valence-corrected chi connectivity index (χ1v) is 41.2. The van der Waals surface area contributed by atoms with Crippen LogP contribution in [0.5, 0.6) is 0 Å². The van der Waals surface area contributed by atoms with Gasteiger partial charge >= 0.3 is 39.5 Å². The molecule has 0 rings (SSSR count). The lowest BCUT2D eigenvalue weighted by molar-refractivity contribution is -0.161. The van der Waals surface area contributed by atoms with Crippen LogP contribution in [0.15, 0.2) is 0 Å². The standard InChI is InChI=1S/C74H144O17P2/c1-9-67(8)53-45-37-28-23-25-31-41-49-57-74(79)91-70(61-85-72(77)55-47-39-33-32-36-44-52-66(6)7)63-89-93(82,83)87-59-68(75)58-86-92(80,81)88-62-69(90-73(78)56-48-40-30-24-22-27-35-43-51-65(4)5)60-84-71(76)54-46-38-29-21-19-17-15-13-11-10-12-14-16-18-20-26-34-42-50-64(2)3/h64-70,75H,9-63H2,1-8H3,(H,80,81)(H,82,83)/t67?,68-,69-,70-/m1/s1. The van der Waals surface area contributed by atoms with Crippen LogP contribution in [0.4, 0.5) is 0 Å². The lowest BCUT2D eigenvalue weighted by Gasteiger charge is -2.21. The topological polar surface area (TPSA) is 237 Å². The summed E-state index contributed by atoms with van der Waals surface area (Å²) in [5.74, 6) is 0.860. The van der Waals surface area contributed by atoms with Gasteiger partial charge in [-0.15, -0.1) is 0 Å². The fourth-order valence-corrected chi connectivity index (χ4v) is 12.7. The Bertz CT molecular complexity index is 1840. The quantitative estimate of drug-likeness (QED) is 0.0222. The third-order valence-electron chi connectivity index (χ3n) is 17.4. The molecule has 0 aromatic carbocycles. The second-order valence-corrected chi connectivity index (χ2v) is 31.3. The predicted molar refractivity (Wildman–Crippen MR) is 377 cm³/mol. The third kappa shape index (κ3) is 67.0. The van der Waals surface area contributed by atoms with Crippen molar-refractivity contribution in [3.63, 3.8) is 0 Å². The molecule has 0 saturated heterocycles. The third-order valence-corrected chi connectivity index (χ3v) is 19.3. The number of phosphoric ester groups is 2. The molecule has 0 bridgehead atoms. The van der Waals surface area contributed by atoms with Crippen LogP contribution >= 0.6 is 15.6 Å². The Morgan fingerprint density at radius 1 is 0.301 bits per heavy atom. The Morgan fingerprint density at radius 3 is 0.763 bits per heavy atom. The van der Waals surface area contributed by atoms with Crippen molar-refractivity contribution in [1.29, 1.82) is 0 Å². The number of hydrogen-bond donors (Lipinski definition) is 3. The lowest BCUT2D eigenvalue weighted by Crippen LogP contribution is -2.30. The molecule has 0 aromatic heterocycles. The van der Waals surface area contributed by atoms with E-state index in [9.17, 15) is 43.2 Å². The minimum Gasteiger partial charge on any atom is -0.462 e. The highest BCUT2D eigenvalue weighted by Gasteiger charge is 2.30. The minimum absolute atomic E-state index is 0.103. The van der Waals surface area contributed by atoms with Gasteiger partial charge in [-0.25, -0.2) is 9.13 Å². The molecule has 3 N–H and O–H groups in total. The predicted octanol–water partition coefficient (Wildman–Crippen LogP) is 21.3. The zero-order chi connectivity index (χ0) is 68.9. The average molecular weight is 1370 g/mol. The molecule has 19 heteroatoms. The van der Waals surface area contributed by atoms with Gasteiger partial charge in [-0.1, -0.05) is 319 Å². The molecule has 0 radical (unpaired) electrons. The molecule has 0 amide bonds. The Hall–Kier alpha value is -1.94. The molecule has 0 saturated carbocycles. The number of phosphoric acid groups is 2. The van der Waals surface area contributed by atoms with E-state index in [0.717, 1.165) is 114 Å². The number of carbonyl (C=O) groups excluding carboxylic acids is 4. The fourth-order valence-electron chi connectivity index (χ4n) is 11.2. The number of rotatable bonds is 71. The lowest BCUT2D eigenvalue weighted by atomic mass is 9.99. The Kier molecular flexibility index (Phi) is 62.2. The highest BCUT2D eigenvalue weighted by Crippen LogP contribution is 2.45. The van der Waals surface area contributed by atoms with Crippen LogP contribution in [0.25, 0.3) is 0 Å². The molecule has 552 valence electrons. The van der Waals surface area contributed by atoms with Gasteiger partial charge in [0.1, 0.15) is 19.3 Å². The molecule has 0 spiro atoms. The smallest absolute Gasteiger partial charge is 0.462 e. The normalized spacial score (nSPS) is 14.5. The molecular formula is C74H144O17P2. The van der Waals surface area contributed by atoms with Gasteiger partial charge in [-0.05, 0) is 49.4 Å². The molecular weight excluding hydrogens is 1220 g/mol. The number of carbonyl (C=O) groups is 4. The van der Waals surface area contributed by atoms with Crippen molar-refractivity contribution in [3.05, 3.63) is 0 Å². The van der Waals surface area contributed by atoms with Crippen molar-refractivity contribution in [1.82, 2.24) is 0 Å². The summed E-state index contributed by atoms with van der Waals surface area (Å²) >= 11 is 0. The van der Waals surface area contributed by atoms with Gasteiger partial charge in [0.05, 0.1) is 26.4 Å². The maximum Gasteiger partial charge on any atom is 0.472 e. The van der Waals surface area contributed by atoms with E-state index in [2.05, 4.69) is 55.4 Å². The summed E-state index contributed by atoms with van der Waals surface area (Å²) in [5, 5.41) is 10.6. The Morgan fingerprint density at radius 2 is 0.516 bits per heavy atom. The van der Waals surface area contributed by atoms with E-state index in [-0.39, 0.29) is 25.7 Å². The zero-order valence-electron chi connectivity index (χ0n) is 60.9. The van der Waals surface area contributed by atoms with E-state index in [4.69, 9.17) is 37.0 Å². The minimum atomic E-state index is -4.95. The maximum atomic E-state index is 13.0. The Labute approximate surface area is 568 Å². The number of unbranched alkanes of at least 4 members (excludes halogenated alkanes) is 36. The van der Waals surface area contributed by atoms with Gasteiger partial charge in [0.15, 0.2) is 12.2 Å². The van der Waals surface area contributed by atoms with Crippen molar-refractivity contribution < 1.29 is 80.2 Å². The Balaban J connectivity index is 5.15. The molecule has 17 nitrogen and oxygen atoms in total. The molecule has 3 unspecified atom stereocenters. The van der Waals surface area contributed by atoms with Crippen LogP contribution in [0.1, 0.15) is 370 Å². The number of aliphatic hydroxyl groups excluding tert-OH is 1. The number of ether oxygens (including phenoxy) is 4. The van der Waals surface area contributed by atoms with E-state index < -0.39 is 97.5 Å². The maximum absolute atomic E-state index is 13.0. The molecule has 93 heavy (non-hydrogen) atoms. The SMILES string of the molecule is CCC(C)CCCCCCCCCCC(=O)O[C@H](COC(=O)CCCCCCCCC(C)C)COP(=O)(O)OC[C@H](O)COP(=O)(O)OC[C@@H](COC(=O)CCCCCCCCCCCCCCCCCCCCC(C)C)OC(=O)CCCCCCCCCCC(C)C. The monoisotopic (exact) mass is 1370 g/mol. The van der Waals surface area contributed by atoms with E-state index in [0.29, 0.717) is 31.6 Å². The number of hydrogen-bond acceptors (Lipinski definition) is 15. The number of aliphatic hydroxyl groups is 1. The molecule has 0 aliphatic rings. The summed E-state index contributed by atoms with van der Waals surface area (Å²) in [5.41, 5.74) is 0. The van der Waals surface area contributed by atoms with Crippen molar-refractivity contribution in [2.24, 2.45) is 23.7 Å². The fraction of sp³-hybridized carbons (Fsp3) is 0.946. The summed E-state index contributed by atoms with van der Waals surface area (Å²) in [6.45, 7) is 14.1. The highest BCUT2D eigenvalue weighted by molar-refractivity contribution is 7.47. The summed E-state index contributed by atoms with van der Waals surface area (Å²) in [6.07, 6.45) is 47.5. The molecule has 0 aliphatic carbocycles. The first-order chi connectivity index (χ1) is 44.6. The van der Waals surface area contributed by atoms with Gasteiger partial charge in [0.2, 0.25) is 0 Å². The van der Waals surface area contributed by atoms with Crippen molar-refractivity contribution >= 4 is 39.5 Å². The molecule has 6 atom stereocenters. The van der Waals surface area contributed by atoms with Gasteiger partial charge in [-0.2, -0.15) is 0 Å². The van der Waals surface area contributed by atoms with Crippen LogP contribution in [-0.4, -0.2) is 96.7 Å². The van der Waals surface area contributed by atoms with E-state index in [1.165, 1.54) is 167 Å². The summed E-state index contributed by atoms with van der Waals surface area (Å²) < 4.78 is 68.3. The average Bonchev–Trinajstić information content (AvgIpc) is 2.04. The first-order valence-electron chi connectivity index (χ1n) is 38.2. The van der Waals surface area contributed by atoms with Gasteiger partial charge in [0.25, 0.3) is 0 Å². The molecule has 0 heterocycles. The van der Waals surface area contributed by atoms with E-state index >= 15 is 0 Å². The summed E-state index contributed by atoms with van der Waals surface area (Å²) in [4.78, 5) is 72.6. The van der Waals surface area contributed by atoms with Crippen molar-refractivity contribution in [2.45, 2.75) is 388 Å². The van der Waals surface area contributed by atoms with Gasteiger partial charge in [-0.3, -0.25) is 37.3 Å². The van der Waals surface area contributed by atoms with Crippen LogP contribution in [0, 0.1) is 23.7 Å². The van der Waals surface area contributed by atoms with Crippen LogP contribution < -0.4 is 0 Å². The second-order valence-electron chi connectivity index (χ2n) is 28.4. The summed E-state index contributed by atoms with van der Waals surface area (Å²) in [7, 11) is -9.91. The molecule has 0 aromatic rings. The van der Waals surface area contributed by atoms with Crippen molar-refractivity contribution in [3.8, 4) is 0 Å². The zero-order valence-corrected chi connectivity index (χ0v) is 62.7. The molecule has 0 aliphatic heterocycles. The second kappa shape index (κ2) is 63.5. The highest BCUT2D eigenvalue weighted by atomic mass is 31.2. The van der Waals surface area contributed by atoms with E-state index in [1.54, 1.807) is 0 Å². The van der Waals surface area contributed by atoms with Crippen LogP contribution in [0.3, 0.4) is 0 Å². The van der Waals surface area contributed by atoms with Crippen LogP contribution in [-0.2, 0) is 65.4 Å². The molecule has 0 fully saturated rings.